The molecule has 1 unspecified atom stereocenters. The van der Waals surface area contributed by atoms with Crippen molar-refractivity contribution in [1.82, 2.24) is 23.7 Å². The van der Waals surface area contributed by atoms with Gasteiger partial charge in [0.15, 0.2) is 5.03 Å². The fourth-order valence-corrected chi connectivity index (χ4v) is 7.04. The maximum atomic E-state index is 14.0. The summed E-state index contributed by atoms with van der Waals surface area (Å²) in [6, 6.07) is 6.97. The molecular weight excluding hydrogens is 458 g/mol. The van der Waals surface area contributed by atoms with Crippen LogP contribution in [-0.4, -0.2) is 94.9 Å². The summed E-state index contributed by atoms with van der Waals surface area (Å²) >= 11 is 0. The third kappa shape index (κ3) is 3.37. The predicted molar refractivity (Wildman–Crippen MR) is 123 cm³/mol. The Morgan fingerprint density at radius 2 is 1.85 bits per heavy atom. The molecule has 182 valence electrons. The number of imidazole rings is 1. The molecule has 2 amide bonds. The molecule has 5 rings (SSSR count). The number of aromatic nitrogens is 2. The van der Waals surface area contributed by atoms with E-state index in [0.29, 0.717) is 37.4 Å². The van der Waals surface area contributed by atoms with Crippen LogP contribution >= 0.6 is 0 Å². The monoisotopic (exact) mass is 487 g/mol. The number of rotatable bonds is 4. The number of fused-ring (bicyclic) bond motifs is 1. The number of carbonyl (C=O) groups is 2. The highest BCUT2D eigenvalue weighted by Gasteiger charge is 2.64. The number of hydrogen-bond donors (Lipinski definition) is 0. The standard InChI is InChI=1S/C23H29N5O5S/c1-16(2)28-21(29)18-7-5-4-6-17(18)20(22(30)26-8-10-33-11-9-26)23(28)13-27(14-23)34(31,32)19-12-25(3)15-24-19/h4-7,12,15-16,20H,8-11,13-14H2,1-3H3. The van der Waals surface area contributed by atoms with Gasteiger partial charge in [-0.3, -0.25) is 9.59 Å². The minimum atomic E-state index is -3.86. The highest BCUT2D eigenvalue weighted by atomic mass is 32.2. The number of morpholine rings is 1. The van der Waals surface area contributed by atoms with Gasteiger partial charge in [-0.1, -0.05) is 18.2 Å². The fourth-order valence-electron chi connectivity index (χ4n) is 5.51. The van der Waals surface area contributed by atoms with Gasteiger partial charge in [0, 0.05) is 51.0 Å². The second-order valence-corrected chi connectivity index (χ2v) is 11.4. The summed E-state index contributed by atoms with van der Waals surface area (Å²) in [6.45, 7) is 5.73. The molecule has 2 fully saturated rings. The van der Waals surface area contributed by atoms with Gasteiger partial charge in [0.25, 0.3) is 15.9 Å². The molecule has 4 heterocycles. The molecule has 1 atom stereocenters. The number of hydrogen-bond acceptors (Lipinski definition) is 6. The summed E-state index contributed by atoms with van der Waals surface area (Å²) in [5, 5.41) is -0.0421. The Bertz CT molecular complexity index is 1230. The minimum Gasteiger partial charge on any atom is -0.378 e. The van der Waals surface area contributed by atoms with E-state index in [1.165, 1.54) is 16.8 Å². The maximum absolute atomic E-state index is 14.0. The van der Waals surface area contributed by atoms with Crippen LogP contribution in [0.5, 0.6) is 0 Å². The van der Waals surface area contributed by atoms with Crippen molar-refractivity contribution in [1.29, 1.82) is 0 Å². The fraction of sp³-hybridized carbons (Fsp3) is 0.522. The van der Waals surface area contributed by atoms with Crippen LogP contribution < -0.4 is 0 Å². The quantitative estimate of drug-likeness (QED) is 0.628. The van der Waals surface area contributed by atoms with E-state index < -0.39 is 21.5 Å². The summed E-state index contributed by atoms with van der Waals surface area (Å²) in [7, 11) is -2.15. The van der Waals surface area contributed by atoms with E-state index in [-0.39, 0.29) is 36.0 Å². The number of sulfonamides is 1. The van der Waals surface area contributed by atoms with Crippen LogP contribution in [0.4, 0.5) is 0 Å². The molecule has 11 heteroatoms. The molecule has 10 nitrogen and oxygen atoms in total. The third-order valence-electron chi connectivity index (χ3n) is 7.01. The molecule has 1 spiro atoms. The second-order valence-electron chi connectivity index (χ2n) is 9.48. The van der Waals surface area contributed by atoms with Crippen LogP contribution in [0, 0.1) is 0 Å². The van der Waals surface area contributed by atoms with Crippen molar-refractivity contribution in [2.24, 2.45) is 7.05 Å². The predicted octanol–water partition coefficient (Wildman–Crippen LogP) is 0.670. The molecule has 2 saturated heterocycles. The summed E-state index contributed by atoms with van der Waals surface area (Å²) in [5.41, 5.74) is 0.187. The van der Waals surface area contributed by atoms with Gasteiger partial charge < -0.3 is 19.1 Å². The van der Waals surface area contributed by atoms with Gasteiger partial charge in [0.05, 0.1) is 31.0 Å². The number of aryl methyl sites for hydroxylation is 1. The van der Waals surface area contributed by atoms with Crippen LogP contribution in [0.25, 0.3) is 0 Å². The lowest BCUT2D eigenvalue weighted by atomic mass is 9.68. The highest BCUT2D eigenvalue weighted by molar-refractivity contribution is 7.89. The van der Waals surface area contributed by atoms with Crippen molar-refractivity contribution < 1.29 is 22.7 Å². The SMILES string of the molecule is CC(C)N1C(=O)c2ccccc2C(C(=O)N2CCOCC2)C12CN(S(=O)(=O)c1cn(C)cn1)C2. The topological polar surface area (TPSA) is 105 Å². The summed E-state index contributed by atoms with van der Waals surface area (Å²) in [6.07, 6.45) is 2.90. The Hall–Kier alpha value is -2.76. The zero-order valence-electron chi connectivity index (χ0n) is 19.5. The van der Waals surface area contributed by atoms with E-state index in [1.54, 1.807) is 33.5 Å². The Kier molecular flexibility index (Phi) is 5.53. The van der Waals surface area contributed by atoms with Crippen LogP contribution in [0.15, 0.2) is 41.8 Å². The Morgan fingerprint density at radius 3 is 2.47 bits per heavy atom. The summed E-state index contributed by atoms with van der Waals surface area (Å²) < 4.78 is 34.9. The maximum Gasteiger partial charge on any atom is 0.262 e. The largest absolute Gasteiger partial charge is 0.378 e. The Balaban J connectivity index is 1.59. The molecule has 0 saturated carbocycles. The first-order valence-corrected chi connectivity index (χ1v) is 12.9. The lowest BCUT2D eigenvalue weighted by molar-refractivity contribution is -0.145. The minimum absolute atomic E-state index is 0.0326. The molecule has 2 aromatic rings. The van der Waals surface area contributed by atoms with E-state index in [4.69, 9.17) is 4.74 Å². The summed E-state index contributed by atoms with van der Waals surface area (Å²) in [5.74, 6) is -0.938. The average Bonchev–Trinajstić information content (AvgIpc) is 3.24. The molecule has 0 bridgehead atoms. The van der Waals surface area contributed by atoms with Crippen LogP contribution in [0.2, 0.25) is 0 Å². The van der Waals surface area contributed by atoms with Crippen molar-refractivity contribution in [3.8, 4) is 0 Å². The molecule has 0 aliphatic carbocycles. The van der Waals surface area contributed by atoms with Crippen LogP contribution in [-0.2, 0) is 26.6 Å². The molecule has 1 aromatic heterocycles. The molecule has 3 aliphatic heterocycles. The van der Waals surface area contributed by atoms with Gasteiger partial charge in [-0.15, -0.1) is 0 Å². The molecule has 3 aliphatic rings. The van der Waals surface area contributed by atoms with Crippen LogP contribution in [0.1, 0.15) is 35.7 Å². The zero-order chi connectivity index (χ0) is 24.3. The van der Waals surface area contributed by atoms with Gasteiger partial charge >= 0.3 is 0 Å². The van der Waals surface area contributed by atoms with Crippen molar-refractivity contribution in [3.05, 3.63) is 47.9 Å². The lowest BCUT2D eigenvalue weighted by Crippen LogP contribution is -2.78. The van der Waals surface area contributed by atoms with Gasteiger partial charge in [0.2, 0.25) is 5.91 Å². The average molecular weight is 488 g/mol. The molecule has 0 N–H and O–H groups in total. The Morgan fingerprint density at radius 1 is 1.18 bits per heavy atom. The first-order valence-electron chi connectivity index (χ1n) is 11.4. The van der Waals surface area contributed by atoms with E-state index >= 15 is 0 Å². The number of nitrogens with zero attached hydrogens (tertiary/aromatic N) is 5. The molecule has 0 radical (unpaired) electrons. The first kappa shape index (κ1) is 23.0. The van der Waals surface area contributed by atoms with Crippen molar-refractivity contribution in [2.75, 3.05) is 39.4 Å². The highest BCUT2D eigenvalue weighted by Crippen LogP contribution is 2.49. The van der Waals surface area contributed by atoms with Gasteiger partial charge in [-0.2, -0.15) is 4.31 Å². The van der Waals surface area contributed by atoms with Crippen molar-refractivity contribution in [2.45, 2.75) is 36.4 Å². The van der Waals surface area contributed by atoms with Gasteiger partial charge in [-0.25, -0.2) is 13.4 Å². The van der Waals surface area contributed by atoms with E-state index in [1.807, 2.05) is 26.0 Å². The van der Waals surface area contributed by atoms with Gasteiger partial charge in [-0.05, 0) is 25.5 Å². The van der Waals surface area contributed by atoms with Crippen molar-refractivity contribution >= 4 is 21.8 Å². The summed E-state index contributed by atoms with van der Waals surface area (Å²) in [4.78, 5) is 35.1. The molecule has 34 heavy (non-hydrogen) atoms. The molecular formula is C23H29N5O5S. The number of benzene rings is 1. The number of ether oxygens (including phenoxy) is 1. The van der Waals surface area contributed by atoms with Gasteiger partial charge in [0.1, 0.15) is 0 Å². The Labute approximate surface area is 199 Å². The number of carbonyl (C=O) groups excluding carboxylic acids is 2. The van der Waals surface area contributed by atoms with E-state index in [2.05, 4.69) is 4.98 Å². The second kappa shape index (κ2) is 8.17. The lowest BCUT2D eigenvalue weighted by Gasteiger charge is -2.61. The van der Waals surface area contributed by atoms with E-state index in [0.717, 1.165) is 0 Å². The molecule has 1 aromatic carbocycles. The third-order valence-corrected chi connectivity index (χ3v) is 8.69. The normalized spacial score (nSPS) is 22.7. The van der Waals surface area contributed by atoms with Crippen molar-refractivity contribution in [3.63, 3.8) is 0 Å². The van der Waals surface area contributed by atoms with Crippen LogP contribution in [0.3, 0.4) is 0 Å². The zero-order valence-corrected chi connectivity index (χ0v) is 20.4. The smallest absolute Gasteiger partial charge is 0.262 e. The number of amides is 2. The first-order chi connectivity index (χ1) is 16.2. The van der Waals surface area contributed by atoms with E-state index in [9.17, 15) is 18.0 Å².